The first-order chi connectivity index (χ1) is 6.77. The topological polar surface area (TPSA) is 49.8 Å². The lowest BCUT2D eigenvalue weighted by Gasteiger charge is -1.98. The van der Waals surface area contributed by atoms with Crippen molar-refractivity contribution in [3.05, 3.63) is 41.0 Å². The van der Waals surface area contributed by atoms with Gasteiger partial charge >= 0.3 is 0 Å². The van der Waals surface area contributed by atoms with E-state index in [1.165, 1.54) is 0 Å². The summed E-state index contributed by atoms with van der Waals surface area (Å²) in [5, 5.41) is 8.89. The van der Waals surface area contributed by atoms with E-state index >= 15 is 0 Å². The van der Waals surface area contributed by atoms with Crippen LogP contribution >= 0.6 is 0 Å². The molecular weight excluding hydrogens is 172 g/mol. The van der Waals surface area contributed by atoms with Gasteiger partial charge in [0.25, 0.3) is 0 Å². The molecule has 0 atom stereocenters. The van der Waals surface area contributed by atoms with Crippen molar-refractivity contribution in [1.82, 2.24) is 0 Å². The molecule has 0 bridgehead atoms. The molecule has 0 saturated heterocycles. The van der Waals surface area contributed by atoms with Gasteiger partial charge in [0.15, 0.2) is 0 Å². The molecule has 0 aliphatic heterocycles. The van der Waals surface area contributed by atoms with Gasteiger partial charge in [-0.15, -0.1) is 0 Å². The van der Waals surface area contributed by atoms with E-state index in [2.05, 4.69) is 6.07 Å². The molecule has 0 aliphatic rings. The zero-order chi connectivity index (χ0) is 10.4. The van der Waals surface area contributed by atoms with Crippen LogP contribution in [0.1, 0.15) is 23.1 Å². The lowest BCUT2D eigenvalue weighted by Crippen LogP contribution is -1.95. The quantitative estimate of drug-likeness (QED) is 0.787. The van der Waals surface area contributed by atoms with Crippen molar-refractivity contribution in [1.29, 1.82) is 5.26 Å². The van der Waals surface area contributed by atoms with Crippen LogP contribution in [0.15, 0.2) is 24.3 Å². The van der Waals surface area contributed by atoms with Gasteiger partial charge < -0.3 is 5.73 Å². The molecule has 2 heteroatoms. The Balaban J connectivity index is 2.92. The summed E-state index contributed by atoms with van der Waals surface area (Å²) in [6.45, 7) is 2.62. The summed E-state index contributed by atoms with van der Waals surface area (Å²) in [7, 11) is 0. The van der Waals surface area contributed by atoms with Crippen LogP contribution in [0, 0.1) is 18.3 Å². The molecule has 1 aromatic rings. The lowest BCUT2D eigenvalue weighted by molar-refractivity contribution is 1.01. The third-order valence-corrected chi connectivity index (χ3v) is 1.96. The van der Waals surface area contributed by atoms with E-state index in [4.69, 9.17) is 11.0 Å². The van der Waals surface area contributed by atoms with Gasteiger partial charge in [0.1, 0.15) is 0 Å². The molecule has 0 radical (unpaired) electrons. The van der Waals surface area contributed by atoms with Crippen molar-refractivity contribution in [3.63, 3.8) is 0 Å². The minimum Gasteiger partial charge on any atom is -0.330 e. The normalized spacial score (nSPS) is 10.4. The Hall–Kier alpha value is -1.59. The van der Waals surface area contributed by atoms with Crippen molar-refractivity contribution < 1.29 is 0 Å². The number of aryl methyl sites for hydroxylation is 1. The second-order valence-electron chi connectivity index (χ2n) is 3.18. The van der Waals surface area contributed by atoms with Gasteiger partial charge in [0, 0.05) is 0 Å². The first-order valence-electron chi connectivity index (χ1n) is 4.65. The zero-order valence-electron chi connectivity index (χ0n) is 8.33. The van der Waals surface area contributed by atoms with E-state index in [0.29, 0.717) is 6.54 Å². The van der Waals surface area contributed by atoms with Crippen molar-refractivity contribution in [2.45, 2.75) is 13.3 Å². The van der Waals surface area contributed by atoms with Gasteiger partial charge in [-0.3, -0.25) is 0 Å². The molecule has 0 spiro atoms. The fraction of sp³-hybridized carbons (Fsp3) is 0.250. The maximum atomic E-state index is 8.89. The first-order valence-corrected chi connectivity index (χ1v) is 4.65. The summed E-state index contributed by atoms with van der Waals surface area (Å²) < 4.78 is 0. The molecule has 0 fully saturated rings. The van der Waals surface area contributed by atoms with Crippen LogP contribution in [0.4, 0.5) is 0 Å². The van der Waals surface area contributed by atoms with E-state index in [-0.39, 0.29) is 0 Å². The van der Waals surface area contributed by atoms with Crippen LogP contribution < -0.4 is 5.73 Å². The SMILES string of the molecule is Cc1ccc(C=CCCN)c(C#N)c1. The van der Waals surface area contributed by atoms with E-state index in [0.717, 1.165) is 23.1 Å². The molecule has 72 valence electrons. The van der Waals surface area contributed by atoms with E-state index in [1.54, 1.807) is 0 Å². The Bertz CT molecular complexity index is 372. The highest BCUT2D eigenvalue weighted by atomic mass is 14.5. The Morgan fingerprint density at radius 1 is 1.50 bits per heavy atom. The smallest absolute Gasteiger partial charge is 0.0998 e. The van der Waals surface area contributed by atoms with Crippen LogP contribution in [0.3, 0.4) is 0 Å². The summed E-state index contributed by atoms with van der Waals surface area (Å²) >= 11 is 0. The number of nitriles is 1. The van der Waals surface area contributed by atoms with Gasteiger partial charge in [0.05, 0.1) is 11.6 Å². The molecule has 0 aromatic heterocycles. The molecule has 14 heavy (non-hydrogen) atoms. The number of hydrogen-bond acceptors (Lipinski definition) is 2. The summed E-state index contributed by atoms with van der Waals surface area (Å²) in [6.07, 6.45) is 4.79. The highest BCUT2D eigenvalue weighted by Crippen LogP contribution is 2.12. The highest BCUT2D eigenvalue weighted by Gasteiger charge is 1.97. The zero-order valence-corrected chi connectivity index (χ0v) is 8.33. The van der Waals surface area contributed by atoms with Gasteiger partial charge in [-0.25, -0.2) is 0 Å². The monoisotopic (exact) mass is 186 g/mol. The minimum atomic E-state index is 0.643. The number of benzene rings is 1. The Morgan fingerprint density at radius 3 is 2.93 bits per heavy atom. The van der Waals surface area contributed by atoms with Gasteiger partial charge in [-0.1, -0.05) is 24.3 Å². The van der Waals surface area contributed by atoms with Crippen LogP contribution in [0.5, 0.6) is 0 Å². The number of nitrogens with zero attached hydrogens (tertiary/aromatic N) is 1. The van der Waals surface area contributed by atoms with Crippen molar-refractivity contribution in [2.75, 3.05) is 6.54 Å². The average molecular weight is 186 g/mol. The Kier molecular flexibility index (Phi) is 3.90. The molecule has 0 saturated carbocycles. The van der Waals surface area contributed by atoms with Crippen LogP contribution in [0.25, 0.3) is 6.08 Å². The molecule has 0 unspecified atom stereocenters. The maximum Gasteiger partial charge on any atom is 0.0998 e. The average Bonchev–Trinajstić information content (AvgIpc) is 2.20. The summed E-state index contributed by atoms with van der Waals surface area (Å²) in [5.41, 5.74) is 8.16. The van der Waals surface area contributed by atoms with Crippen LogP contribution in [0.2, 0.25) is 0 Å². The third kappa shape index (κ3) is 2.72. The fourth-order valence-electron chi connectivity index (χ4n) is 1.22. The van der Waals surface area contributed by atoms with Gasteiger partial charge in [0.2, 0.25) is 0 Å². The molecule has 0 aliphatic carbocycles. The summed E-state index contributed by atoms with van der Waals surface area (Å²) in [6, 6.07) is 8.03. The Morgan fingerprint density at radius 2 is 2.29 bits per heavy atom. The fourth-order valence-corrected chi connectivity index (χ4v) is 1.22. The minimum absolute atomic E-state index is 0.643. The standard InChI is InChI=1S/C12H14N2/c1-10-5-6-11(4-2-3-7-13)12(8-10)9-14/h2,4-6,8H,3,7,13H2,1H3. The van der Waals surface area contributed by atoms with Crippen molar-refractivity contribution in [3.8, 4) is 6.07 Å². The predicted molar refractivity (Wildman–Crippen MR) is 58.6 cm³/mol. The Labute approximate surface area is 84.7 Å². The molecule has 1 aromatic carbocycles. The maximum absolute atomic E-state index is 8.89. The van der Waals surface area contributed by atoms with Crippen molar-refractivity contribution >= 4 is 6.08 Å². The second kappa shape index (κ2) is 5.21. The summed E-state index contributed by atoms with van der Waals surface area (Å²) in [4.78, 5) is 0. The molecule has 0 amide bonds. The largest absolute Gasteiger partial charge is 0.330 e. The molecule has 0 heterocycles. The van der Waals surface area contributed by atoms with Crippen molar-refractivity contribution in [2.24, 2.45) is 5.73 Å². The predicted octanol–water partition coefficient (Wildman–Crippen LogP) is 2.23. The summed E-state index contributed by atoms with van der Waals surface area (Å²) in [5.74, 6) is 0. The van der Waals surface area contributed by atoms with Crippen LogP contribution in [-0.2, 0) is 0 Å². The van der Waals surface area contributed by atoms with Gasteiger partial charge in [-0.2, -0.15) is 5.26 Å². The van der Waals surface area contributed by atoms with E-state index in [9.17, 15) is 0 Å². The number of nitrogens with two attached hydrogens (primary N) is 1. The number of hydrogen-bond donors (Lipinski definition) is 1. The third-order valence-electron chi connectivity index (χ3n) is 1.96. The lowest BCUT2D eigenvalue weighted by atomic mass is 10.0. The van der Waals surface area contributed by atoms with E-state index < -0.39 is 0 Å². The van der Waals surface area contributed by atoms with Gasteiger partial charge in [-0.05, 0) is 37.1 Å². The molecular formula is C12H14N2. The second-order valence-corrected chi connectivity index (χ2v) is 3.18. The van der Waals surface area contributed by atoms with E-state index in [1.807, 2.05) is 37.3 Å². The highest BCUT2D eigenvalue weighted by molar-refractivity contribution is 5.58. The molecule has 2 N–H and O–H groups in total. The number of rotatable bonds is 3. The molecule has 2 nitrogen and oxygen atoms in total. The van der Waals surface area contributed by atoms with Crippen LogP contribution in [-0.4, -0.2) is 6.54 Å². The first kappa shape index (κ1) is 10.5. The molecule has 1 rings (SSSR count).